The molecule has 0 saturated carbocycles. The van der Waals surface area contributed by atoms with E-state index in [4.69, 9.17) is 0 Å². The van der Waals surface area contributed by atoms with E-state index in [-0.39, 0.29) is 5.78 Å². The van der Waals surface area contributed by atoms with Crippen LogP contribution in [0, 0.1) is 6.92 Å². The smallest absolute Gasteiger partial charge is 0.182 e. The van der Waals surface area contributed by atoms with Gasteiger partial charge in [0.25, 0.3) is 0 Å². The van der Waals surface area contributed by atoms with Crippen molar-refractivity contribution in [3.05, 3.63) is 51.8 Å². The lowest BCUT2D eigenvalue weighted by molar-refractivity contribution is 0.0971. The van der Waals surface area contributed by atoms with Gasteiger partial charge in [0.2, 0.25) is 0 Å². The fourth-order valence-corrected chi connectivity index (χ4v) is 2.78. The lowest BCUT2D eigenvalue weighted by atomic mass is 10.0. The number of halogens is 1. The summed E-state index contributed by atoms with van der Waals surface area (Å²) in [6, 6.07) is 8.30. The van der Waals surface area contributed by atoms with Gasteiger partial charge in [-0.3, -0.25) is 9.48 Å². The molecule has 20 heavy (non-hydrogen) atoms. The Morgan fingerprint density at radius 2 is 2.20 bits per heavy atom. The van der Waals surface area contributed by atoms with E-state index < -0.39 is 0 Å². The van der Waals surface area contributed by atoms with E-state index >= 15 is 0 Å². The molecule has 0 atom stereocenters. The van der Waals surface area contributed by atoms with Gasteiger partial charge in [0.05, 0.1) is 10.7 Å². The molecule has 1 aromatic carbocycles. The van der Waals surface area contributed by atoms with Crippen LogP contribution >= 0.6 is 15.9 Å². The highest BCUT2D eigenvalue weighted by Gasteiger charge is 2.16. The Morgan fingerprint density at radius 3 is 2.90 bits per heavy atom. The van der Waals surface area contributed by atoms with Gasteiger partial charge in [0.1, 0.15) is 5.69 Å². The number of rotatable bonds is 6. The standard InChI is InChI=1S/C16H19BrN2O/c1-3-9-19-16(14(17)11-18-19)15(20)8-7-13-6-4-5-12(2)10-13/h4-6,10-11H,3,7-9H2,1-2H3. The lowest BCUT2D eigenvalue weighted by Gasteiger charge is -2.06. The van der Waals surface area contributed by atoms with Gasteiger partial charge in [0, 0.05) is 13.0 Å². The molecule has 0 aliphatic carbocycles. The molecule has 0 spiro atoms. The summed E-state index contributed by atoms with van der Waals surface area (Å²) in [6.45, 7) is 4.92. The van der Waals surface area contributed by atoms with Crippen LogP contribution in [0.1, 0.15) is 41.4 Å². The molecular formula is C16H19BrN2O. The van der Waals surface area contributed by atoms with Gasteiger partial charge in [-0.1, -0.05) is 36.8 Å². The van der Waals surface area contributed by atoms with Crippen molar-refractivity contribution >= 4 is 21.7 Å². The van der Waals surface area contributed by atoms with Gasteiger partial charge in [-0.2, -0.15) is 5.10 Å². The van der Waals surface area contributed by atoms with Crippen LogP contribution < -0.4 is 0 Å². The maximum atomic E-state index is 12.4. The first kappa shape index (κ1) is 15.0. The Kier molecular flexibility index (Phi) is 5.12. The molecule has 0 bridgehead atoms. The number of carbonyl (C=O) groups excluding carboxylic acids is 1. The van der Waals surface area contributed by atoms with Crippen molar-refractivity contribution < 1.29 is 4.79 Å². The van der Waals surface area contributed by atoms with E-state index in [0.717, 1.165) is 23.9 Å². The van der Waals surface area contributed by atoms with Crippen LogP contribution in [0.3, 0.4) is 0 Å². The fraction of sp³-hybridized carbons (Fsp3) is 0.375. The number of hydrogen-bond acceptors (Lipinski definition) is 2. The van der Waals surface area contributed by atoms with Crippen molar-refractivity contribution in [2.24, 2.45) is 0 Å². The van der Waals surface area contributed by atoms with Crippen molar-refractivity contribution in [3.63, 3.8) is 0 Å². The summed E-state index contributed by atoms with van der Waals surface area (Å²) in [5.74, 6) is 0.143. The molecule has 2 rings (SSSR count). The second-order valence-corrected chi connectivity index (χ2v) is 5.83. The Labute approximate surface area is 128 Å². The van der Waals surface area contributed by atoms with E-state index in [1.165, 1.54) is 11.1 Å². The predicted octanol–water partition coefficient (Wildman–Crippen LogP) is 4.18. The Bertz CT molecular complexity index is 604. The number of aromatic nitrogens is 2. The summed E-state index contributed by atoms with van der Waals surface area (Å²) in [7, 11) is 0. The van der Waals surface area contributed by atoms with Crippen molar-refractivity contribution in [2.45, 2.75) is 39.7 Å². The summed E-state index contributed by atoms with van der Waals surface area (Å²) >= 11 is 3.42. The third kappa shape index (κ3) is 3.57. The molecule has 0 fully saturated rings. The molecule has 0 aliphatic rings. The zero-order chi connectivity index (χ0) is 14.5. The monoisotopic (exact) mass is 334 g/mol. The molecule has 1 heterocycles. The van der Waals surface area contributed by atoms with Gasteiger partial charge >= 0.3 is 0 Å². The third-order valence-corrected chi connectivity index (χ3v) is 3.80. The summed E-state index contributed by atoms with van der Waals surface area (Å²) in [6.07, 6.45) is 3.95. The molecule has 3 nitrogen and oxygen atoms in total. The quantitative estimate of drug-likeness (QED) is 0.742. The Morgan fingerprint density at radius 1 is 1.40 bits per heavy atom. The molecule has 2 aromatic rings. The van der Waals surface area contributed by atoms with Crippen LogP contribution in [-0.2, 0) is 13.0 Å². The third-order valence-electron chi connectivity index (χ3n) is 3.22. The molecule has 0 saturated heterocycles. The minimum Gasteiger partial charge on any atom is -0.292 e. The first-order valence-corrected chi connectivity index (χ1v) is 7.71. The zero-order valence-corrected chi connectivity index (χ0v) is 13.5. The molecule has 0 amide bonds. The molecule has 106 valence electrons. The van der Waals surface area contributed by atoms with Crippen LogP contribution in [0.25, 0.3) is 0 Å². The Balaban J connectivity index is 2.07. The summed E-state index contributed by atoms with van der Waals surface area (Å²) < 4.78 is 2.59. The topological polar surface area (TPSA) is 34.9 Å². The Hall–Kier alpha value is -1.42. The second-order valence-electron chi connectivity index (χ2n) is 4.98. The van der Waals surface area contributed by atoms with Gasteiger partial charge in [-0.05, 0) is 41.3 Å². The number of aryl methyl sites for hydroxylation is 3. The van der Waals surface area contributed by atoms with Crippen molar-refractivity contribution in [3.8, 4) is 0 Å². The van der Waals surface area contributed by atoms with Gasteiger partial charge in [-0.25, -0.2) is 0 Å². The number of ketones is 1. The lowest BCUT2D eigenvalue weighted by Crippen LogP contribution is -2.11. The van der Waals surface area contributed by atoms with Crippen molar-refractivity contribution in [2.75, 3.05) is 0 Å². The van der Waals surface area contributed by atoms with Crippen LogP contribution in [-0.4, -0.2) is 15.6 Å². The van der Waals surface area contributed by atoms with Crippen LogP contribution in [0.2, 0.25) is 0 Å². The molecule has 0 N–H and O–H groups in total. The van der Waals surface area contributed by atoms with E-state index in [9.17, 15) is 4.79 Å². The maximum absolute atomic E-state index is 12.4. The number of Topliss-reactive ketones (excluding diaryl/α,β-unsaturated/α-hetero) is 1. The first-order chi connectivity index (χ1) is 9.61. The first-order valence-electron chi connectivity index (χ1n) is 6.92. The molecule has 0 unspecified atom stereocenters. The second kappa shape index (κ2) is 6.84. The highest BCUT2D eigenvalue weighted by molar-refractivity contribution is 9.10. The van der Waals surface area contributed by atoms with E-state index in [1.54, 1.807) is 10.9 Å². The molecular weight excluding hydrogens is 316 g/mol. The highest BCUT2D eigenvalue weighted by atomic mass is 79.9. The summed E-state index contributed by atoms with van der Waals surface area (Å²) in [4.78, 5) is 12.4. The number of nitrogens with zero attached hydrogens (tertiary/aromatic N) is 2. The molecule has 0 aliphatic heterocycles. The van der Waals surface area contributed by atoms with Crippen LogP contribution in [0.5, 0.6) is 0 Å². The SMILES string of the molecule is CCCn1ncc(Br)c1C(=O)CCc1cccc(C)c1. The number of hydrogen-bond donors (Lipinski definition) is 0. The summed E-state index contributed by atoms with van der Waals surface area (Å²) in [5.41, 5.74) is 3.13. The highest BCUT2D eigenvalue weighted by Crippen LogP contribution is 2.19. The normalized spacial score (nSPS) is 10.8. The minimum atomic E-state index is 0.143. The van der Waals surface area contributed by atoms with Gasteiger partial charge < -0.3 is 0 Å². The predicted molar refractivity (Wildman–Crippen MR) is 84.0 cm³/mol. The molecule has 1 aromatic heterocycles. The van der Waals surface area contributed by atoms with Crippen molar-refractivity contribution in [1.82, 2.24) is 9.78 Å². The van der Waals surface area contributed by atoms with Gasteiger partial charge in [0.15, 0.2) is 5.78 Å². The average Bonchev–Trinajstić information content (AvgIpc) is 2.78. The van der Waals surface area contributed by atoms with Crippen molar-refractivity contribution in [1.29, 1.82) is 0 Å². The van der Waals surface area contributed by atoms with E-state index in [1.807, 2.05) is 6.07 Å². The maximum Gasteiger partial charge on any atom is 0.182 e. The van der Waals surface area contributed by atoms with Gasteiger partial charge in [-0.15, -0.1) is 0 Å². The number of carbonyl (C=O) groups is 1. The van der Waals surface area contributed by atoms with E-state index in [2.05, 4.69) is 53.1 Å². The average molecular weight is 335 g/mol. The molecule has 4 heteroatoms. The number of benzene rings is 1. The fourth-order valence-electron chi connectivity index (χ4n) is 2.26. The minimum absolute atomic E-state index is 0.143. The van der Waals surface area contributed by atoms with Crippen LogP contribution in [0.15, 0.2) is 34.9 Å². The van der Waals surface area contributed by atoms with Crippen LogP contribution in [0.4, 0.5) is 0 Å². The van der Waals surface area contributed by atoms with E-state index in [0.29, 0.717) is 12.1 Å². The molecule has 0 radical (unpaired) electrons. The zero-order valence-electron chi connectivity index (χ0n) is 11.9. The summed E-state index contributed by atoms with van der Waals surface area (Å²) in [5, 5.41) is 4.24. The largest absolute Gasteiger partial charge is 0.292 e.